The second kappa shape index (κ2) is 5.05. The molecule has 0 aliphatic heterocycles. The van der Waals surface area contributed by atoms with Crippen LogP contribution in [0.3, 0.4) is 0 Å². The zero-order chi connectivity index (χ0) is 14.1. The fourth-order valence-corrected chi connectivity index (χ4v) is 2.78. The third-order valence-corrected chi connectivity index (χ3v) is 3.85. The molecule has 2 heterocycles. The molecule has 102 valence electrons. The van der Waals surface area contributed by atoms with E-state index in [4.69, 9.17) is 5.73 Å². The molecule has 2 aromatic heterocycles. The molecule has 4 nitrogen and oxygen atoms in total. The SMILES string of the molecule is CN(Cc1nc(N)c2ccsc2n1)c1ccc(F)cc1. The molecule has 0 fully saturated rings. The number of halogens is 1. The Morgan fingerprint density at radius 1 is 1.20 bits per heavy atom. The van der Waals surface area contributed by atoms with Crippen LogP contribution < -0.4 is 10.6 Å². The summed E-state index contributed by atoms with van der Waals surface area (Å²) in [5.41, 5.74) is 6.83. The number of nitrogen functional groups attached to an aromatic ring is 1. The minimum Gasteiger partial charge on any atom is -0.383 e. The maximum Gasteiger partial charge on any atom is 0.151 e. The average molecular weight is 288 g/mol. The first-order valence-corrected chi connectivity index (χ1v) is 6.98. The second-order valence-electron chi connectivity index (χ2n) is 4.50. The molecule has 3 rings (SSSR count). The molecule has 0 bridgehead atoms. The van der Waals surface area contributed by atoms with Gasteiger partial charge in [-0.1, -0.05) is 0 Å². The smallest absolute Gasteiger partial charge is 0.151 e. The summed E-state index contributed by atoms with van der Waals surface area (Å²) >= 11 is 1.54. The molecule has 0 atom stereocenters. The van der Waals surface area contributed by atoms with Crippen molar-refractivity contribution in [2.24, 2.45) is 0 Å². The van der Waals surface area contributed by atoms with Crippen LogP contribution in [0.2, 0.25) is 0 Å². The Morgan fingerprint density at radius 3 is 2.70 bits per heavy atom. The van der Waals surface area contributed by atoms with Crippen molar-refractivity contribution in [2.45, 2.75) is 6.54 Å². The molecule has 0 aliphatic carbocycles. The number of thiophene rings is 1. The van der Waals surface area contributed by atoms with Crippen LogP contribution in [-0.4, -0.2) is 17.0 Å². The summed E-state index contributed by atoms with van der Waals surface area (Å²) in [5.74, 6) is 0.908. The van der Waals surface area contributed by atoms with Gasteiger partial charge in [0.05, 0.1) is 11.9 Å². The summed E-state index contributed by atoms with van der Waals surface area (Å²) in [5, 5.41) is 2.84. The number of anilines is 2. The number of benzene rings is 1. The molecule has 2 N–H and O–H groups in total. The van der Waals surface area contributed by atoms with E-state index in [2.05, 4.69) is 9.97 Å². The normalized spacial score (nSPS) is 10.9. The van der Waals surface area contributed by atoms with Crippen molar-refractivity contribution >= 4 is 33.1 Å². The summed E-state index contributed by atoms with van der Waals surface area (Å²) in [7, 11) is 1.91. The molecule has 0 saturated carbocycles. The van der Waals surface area contributed by atoms with Gasteiger partial charge in [-0.05, 0) is 35.7 Å². The second-order valence-corrected chi connectivity index (χ2v) is 5.39. The maximum absolute atomic E-state index is 12.9. The van der Waals surface area contributed by atoms with Crippen molar-refractivity contribution in [3.05, 3.63) is 47.4 Å². The molecule has 0 amide bonds. The van der Waals surface area contributed by atoms with Crippen molar-refractivity contribution in [2.75, 3.05) is 17.7 Å². The monoisotopic (exact) mass is 288 g/mol. The highest BCUT2D eigenvalue weighted by Gasteiger charge is 2.09. The zero-order valence-corrected chi connectivity index (χ0v) is 11.7. The van der Waals surface area contributed by atoms with Crippen molar-refractivity contribution in [1.82, 2.24) is 9.97 Å². The third-order valence-electron chi connectivity index (χ3n) is 3.05. The molecular weight excluding hydrogens is 275 g/mol. The molecule has 0 unspecified atom stereocenters. The minimum atomic E-state index is -0.248. The summed E-state index contributed by atoms with van der Waals surface area (Å²) in [4.78, 5) is 11.6. The van der Waals surface area contributed by atoms with Gasteiger partial charge in [-0.15, -0.1) is 11.3 Å². The summed E-state index contributed by atoms with van der Waals surface area (Å²) in [6, 6.07) is 8.24. The first-order valence-electron chi connectivity index (χ1n) is 6.10. The van der Waals surface area contributed by atoms with Crippen molar-refractivity contribution < 1.29 is 4.39 Å². The van der Waals surface area contributed by atoms with Crippen LogP contribution >= 0.6 is 11.3 Å². The number of nitrogens with zero attached hydrogens (tertiary/aromatic N) is 3. The van der Waals surface area contributed by atoms with Gasteiger partial charge in [0.25, 0.3) is 0 Å². The van der Waals surface area contributed by atoms with Crippen LogP contribution in [0.5, 0.6) is 0 Å². The van der Waals surface area contributed by atoms with Crippen molar-refractivity contribution in [3.63, 3.8) is 0 Å². The molecule has 20 heavy (non-hydrogen) atoms. The number of hydrogen-bond donors (Lipinski definition) is 1. The molecule has 0 aliphatic rings. The standard InChI is InChI=1S/C14H13FN4S/c1-19(10-4-2-9(15)3-5-10)8-12-17-13(16)11-6-7-20-14(11)18-12/h2-7H,8H2,1H3,(H2,16,17,18). The predicted molar refractivity (Wildman–Crippen MR) is 80.3 cm³/mol. The average Bonchev–Trinajstić information content (AvgIpc) is 2.88. The van der Waals surface area contributed by atoms with E-state index in [9.17, 15) is 4.39 Å². The first kappa shape index (κ1) is 12.8. The van der Waals surface area contributed by atoms with Gasteiger partial charge in [-0.3, -0.25) is 0 Å². The van der Waals surface area contributed by atoms with Crippen LogP contribution in [0.25, 0.3) is 10.2 Å². The van der Waals surface area contributed by atoms with E-state index < -0.39 is 0 Å². The number of nitrogens with two attached hydrogens (primary N) is 1. The fraction of sp³-hybridized carbons (Fsp3) is 0.143. The number of aromatic nitrogens is 2. The van der Waals surface area contributed by atoms with Gasteiger partial charge in [0.1, 0.15) is 16.5 Å². The lowest BCUT2D eigenvalue weighted by Gasteiger charge is -2.18. The molecule has 6 heteroatoms. The molecular formula is C14H13FN4S. The van der Waals surface area contributed by atoms with Crippen molar-refractivity contribution in [1.29, 1.82) is 0 Å². The predicted octanol–water partition coefficient (Wildman–Crippen LogP) is 3.05. The summed E-state index contributed by atoms with van der Waals surface area (Å²) in [6.45, 7) is 0.518. The number of rotatable bonds is 3. The lowest BCUT2D eigenvalue weighted by atomic mass is 10.3. The topological polar surface area (TPSA) is 55.0 Å². The minimum absolute atomic E-state index is 0.248. The molecule has 0 saturated heterocycles. The maximum atomic E-state index is 12.9. The van der Waals surface area contributed by atoms with Gasteiger partial charge < -0.3 is 10.6 Å². The number of hydrogen-bond acceptors (Lipinski definition) is 5. The Morgan fingerprint density at radius 2 is 1.95 bits per heavy atom. The Labute approximate surface area is 119 Å². The first-order chi connectivity index (χ1) is 9.63. The van der Waals surface area contributed by atoms with Crippen LogP contribution in [0.15, 0.2) is 35.7 Å². The van der Waals surface area contributed by atoms with Gasteiger partial charge >= 0.3 is 0 Å². The van der Waals surface area contributed by atoms with Gasteiger partial charge in [0, 0.05) is 12.7 Å². The Bertz CT molecular complexity index is 739. The quantitative estimate of drug-likeness (QED) is 0.805. The third kappa shape index (κ3) is 2.42. The van der Waals surface area contributed by atoms with E-state index in [0.29, 0.717) is 18.2 Å². The molecule has 1 aromatic carbocycles. The van der Waals surface area contributed by atoms with Crippen LogP contribution in [-0.2, 0) is 6.54 Å². The fourth-order valence-electron chi connectivity index (χ4n) is 1.99. The van der Waals surface area contributed by atoms with E-state index in [1.807, 2.05) is 23.4 Å². The van der Waals surface area contributed by atoms with Gasteiger partial charge in [-0.2, -0.15) is 0 Å². The van der Waals surface area contributed by atoms with Crippen molar-refractivity contribution in [3.8, 4) is 0 Å². The highest BCUT2D eigenvalue weighted by molar-refractivity contribution is 7.16. The van der Waals surface area contributed by atoms with Gasteiger partial charge in [0.15, 0.2) is 5.82 Å². The van der Waals surface area contributed by atoms with Gasteiger partial charge in [-0.25, -0.2) is 14.4 Å². The van der Waals surface area contributed by atoms with Crippen LogP contribution in [0, 0.1) is 5.82 Å². The number of fused-ring (bicyclic) bond motifs is 1. The lowest BCUT2D eigenvalue weighted by molar-refractivity contribution is 0.627. The van der Waals surface area contributed by atoms with E-state index in [1.165, 1.54) is 12.1 Å². The zero-order valence-electron chi connectivity index (χ0n) is 10.9. The largest absolute Gasteiger partial charge is 0.383 e. The van der Waals surface area contributed by atoms with Crippen LogP contribution in [0.1, 0.15) is 5.82 Å². The molecule has 0 spiro atoms. The Balaban J connectivity index is 1.86. The van der Waals surface area contributed by atoms with Gasteiger partial charge in [0.2, 0.25) is 0 Å². The summed E-state index contributed by atoms with van der Waals surface area (Å²) in [6.07, 6.45) is 0. The van der Waals surface area contributed by atoms with Crippen LogP contribution in [0.4, 0.5) is 15.9 Å². The van der Waals surface area contributed by atoms with E-state index >= 15 is 0 Å². The highest BCUT2D eigenvalue weighted by atomic mass is 32.1. The lowest BCUT2D eigenvalue weighted by Crippen LogP contribution is -2.18. The van der Waals surface area contributed by atoms with E-state index in [1.54, 1.807) is 23.5 Å². The van der Waals surface area contributed by atoms with E-state index in [-0.39, 0.29) is 5.82 Å². The Hall–Kier alpha value is -2.21. The summed E-state index contributed by atoms with van der Waals surface area (Å²) < 4.78 is 12.9. The molecule has 3 aromatic rings. The highest BCUT2D eigenvalue weighted by Crippen LogP contribution is 2.23. The Kier molecular flexibility index (Phi) is 3.23. The molecule has 0 radical (unpaired) electrons. The van der Waals surface area contributed by atoms with E-state index in [0.717, 1.165) is 15.9 Å².